The van der Waals surface area contributed by atoms with Gasteiger partial charge in [-0.1, -0.05) is 60.7 Å². The van der Waals surface area contributed by atoms with Crippen molar-refractivity contribution in [2.75, 3.05) is 5.32 Å². The molecule has 2 aromatic rings. The minimum Gasteiger partial charge on any atom is -0.355 e. The zero-order valence-corrected chi connectivity index (χ0v) is 10.7. The molecule has 1 N–H and O–H groups in total. The van der Waals surface area contributed by atoms with Crippen LogP contribution < -0.4 is 5.32 Å². The van der Waals surface area contributed by atoms with Crippen molar-refractivity contribution >= 4 is 29.1 Å². The Morgan fingerprint density at radius 1 is 1.00 bits per heavy atom. The number of rotatable bonds is 4. The number of benzene rings is 2. The number of halogens is 1. The number of anilines is 2. The van der Waals surface area contributed by atoms with E-state index in [0.717, 1.165) is 16.9 Å². The van der Waals surface area contributed by atoms with Gasteiger partial charge in [-0.2, -0.15) is 0 Å². The summed E-state index contributed by atoms with van der Waals surface area (Å²) in [6, 6.07) is 18.1. The molecule has 0 heterocycles. The van der Waals surface area contributed by atoms with E-state index in [1.807, 2.05) is 60.7 Å². The average Bonchev–Trinajstić information content (AvgIpc) is 2.39. The lowest BCUT2D eigenvalue weighted by atomic mass is 10.1. The number of para-hydroxylation sites is 2. The fourth-order valence-electron chi connectivity index (χ4n) is 1.61. The molecule has 1 nitrogen and oxygen atoms in total. The molecule has 0 amide bonds. The predicted octanol–water partition coefficient (Wildman–Crippen LogP) is 5.20. The molecular weight excluding hydrogens is 242 g/mol. The van der Waals surface area contributed by atoms with Crippen LogP contribution in [0.3, 0.4) is 0 Å². The lowest BCUT2D eigenvalue weighted by Gasteiger charge is -2.09. The molecule has 0 bridgehead atoms. The molecule has 0 aliphatic carbocycles. The first-order valence-corrected chi connectivity index (χ1v) is 6.07. The molecule has 0 aliphatic heterocycles. The minimum atomic E-state index is 0.518. The third-order valence-electron chi connectivity index (χ3n) is 2.46. The molecule has 18 heavy (non-hydrogen) atoms. The summed E-state index contributed by atoms with van der Waals surface area (Å²) < 4.78 is 0. The van der Waals surface area contributed by atoms with E-state index in [-0.39, 0.29) is 0 Å². The van der Waals surface area contributed by atoms with E-state index in [0.29, 0.717) is 5.03 Å². The van der Waals surface area contributed by atoms with Gasteiger partial charge >= 0.3 is 0 Å². The van der Waals surface area contributed by atoms with Gasteiger partial charge in [0.05, 0.1) is 0 Å². The van der Waals surface area contributed by atoms with Gasteiger partial charge in [0.15, 0.2) is 0 Å². The predicted molar refractivity (Wildman–Crippen MR) is 80.2 cm³/mol. The van der Waals surface area contributed by atoms with Crippen molar-refractivity contribution in [3.05, 3.63) is 77.8 Å². The first kappa shape index (κ1) is 12.5. The highest BCUT2D eigenvalue weighted by Crippen LogP contribution is 2.22. The van der Waals surface area contributed by atoms with Crippen LogP contribution in [-0.2, 0) is 0 Å². The topological polar surface area (TPSA) is 12.0 Å². The minimum absolute atomic E-state index is 0.518. The standard InChI is InChI=1S/C16H14ClN/c1-13(17)11-12-14-7-5-6-10-16(14)18-15-8-3-2-4-9-15/h2-12,18H,1H2. The van der Waals surface area contributed by atoms with Crippen molar-refractivity contribution in [2.45, 2.75) is 0 Å². The average molecular weight is 256 g/mol. The fourth-order valence-corrected chi connectivity index (χ4v) is 1.68. The molecule has 0 fully saturated rings. The Hall–Kier alpha value is -1.99. The van der Waals surface area contributed by atoms with Crippen LogP contribution >= 0.6 is 11.6 Å². The van der Waals surface area contributed by atoms with Crippen LogP contribution in [0.25, 0.3) is 6.08 Å². The summed E-state index contributed by atoms with van der Waals surface area (Å²) >= 11 is 5.74. The molecule has 0 aliphatic rings. The highest BCUT2D eigenvalue weighted by molar-refractivity contribution is 6.31. The van der Waals surface area contributed by atoms with Gasteiger partial charge in [0.2, 0.25) is 0 Å². The van der Waals surface area contributed by atoms with Gasteiger partial charge in [-0.3, -0.25) is 0 Å². The van der Waals surface area contributed by atoms with E-state index in [1.165, 1.54) is 0 Å². The number of allylic oxidation sites excluding steroid dienone is 2. The van der Waals surface area contributed by atoms with Crippen molar-refractivity contribution in [3.63, 3.8) is 0 Å². The van der Waals surface area contributed by atoms with Crippen molar-refractivity contribution < 1.29 is 0 Å². The fraction of sp³-hybridized carbons (Fsp3) is 0. The van der Waals surface area contributed by atoms with Crippen LogP contribution in [0.5, 0.6) is 0 Å². The summed E-state index contributed by atoms with van der Waals surface area (Å²) in [6.45, 7) is 3.64. The second kappa shape index (κ2) is 6.08. The zero-order valence-electron chi connectivity index (χ0n) is 9.94. The summed E-state index contributed by atoms with van der Waals surface area (Å²) in [4.78, 5) is 0. The smallest absolute Gasteiger partial charge is 0.0457 e. The summed E-state index contributed by atoms with van der Waals surface area (Å²) in [5.74, 6) is 0. The maximum absolute atomic E-state index is 5.74. The van der Waals surface area contributed by atoms with E-state index in [4.69, 9.17) is 11.6 Å². The second-order valence-electron chi connectivity index (χ2n) is 3.86. The van der Waals surface area contributed by atoms with Gasteiger partial charge in [-0.15, -0.1) is 0 Å². The largest absolute Gasteiger partial charge is 0.355 e. The summed E-state index contributed by atoms with van der Waals surface area (Å²) in [5, 5.41) is 3.89. The number of hydrogen-bond acceptors (Lipinski definition) is 1. The lowest BCUT2D eigenvalue weighted by Crippen LogP contribution is -1.92. The molecule has 0 aromatic heterocycles. The van der Waals surface area contributed by atoms with Gasteiger partial charge in [0.1, 0.15) is 0 Å². The van der Waals surface area contributed by atoms with Crippen molar-refractivity contribution in [1.82, 2.24) is 0 Å². The Morgan fingerprint density at radius 3 is 2.39 bits per heavy atom. The summed E-state index contributed by atoms with van der Waals surface area (Å²) in [7, 11) is 0. The zero-order chi connectivity index (χ0) is 12.8. The van der Waals surface area contributed by atoms with Crippen LogP contribution in [0.2, 0.25) is 0 Å². The molecule has 0 saturated heterocycles. The number of hydrogen-bond donors (Lipinski definition) is 1. The molecule has 0 saturated carbocycles. The van der Waals surface area contributed by atoms with Crippen LogP contribution in [0.4, 0.5) is 11.4 Å². The van der Waals surface area contributed by atoms with Crippen LogP contribution in [0, 0.1) is 0 Å². The first-order valence-electron chi connectivity index (χ1n) is 5.69. The second-order valence-corrected chi connectivity index (χ2v) is 4.34. The Balaban J connectivity index is 2.25. The first-order chi connectivity index (χ1) is 8.75. The Bertz CT molecular complexity index is 558. The SMILES string of the molecule is C=C(Cl)C=Cc1ccccc1Nc1ccccc1. The van der Waals surface area contributed by atoms with Gasteiger partial charge in [-0.05, 0) is 29.8 Å². The van der Waals surface area contributed by atoms with Crippen molar-refractivity contribution in [2.24, 2.45) is 0 Å². The third kappa shape index (κ3) is 3.51. The van der Waals surface area contributed by atoms with E-state index in [2.05, 4.69) is 11.9 Å². The number of nitrogens with one attached hydrogen (secondary N) is 1. The Morgan fingerprint density at radius 2 is 1.67 bits per heavy atom. The molecule has 2 aromatic carbocycles. The summed E-state index contributed by atoms with van der Waals surface area (Å²) in [5.41, 5.74) is 3.17. The van der Waals surface area contributed by atoms with Gasteiger partial charge in [-0.25, -0.2) is 0 Å². The highest BCUT2D eigenvalue weighted by atomic mass is 35.5. The monoisotopic (exact) mass is 255 g/mol. The van der Waals surface area contributed by atoms with E-state index >= 15 is 0 Å². The van der Waals surface area contributed by atoms with Crippen LogP contribution in [-0.4, -0.2) is 0 Å². The van der Waals surface area contributed by atoms with Gasteiger partial charge in [0.25, 0.3) is 0 Å². The molecule has 0 radical (unpaired) electrons. The van der Waals surface area contributed by atoms with E-state index in [1.54, 1.807) is 6.08 Å². The normalized spacial score (nSPS) is 10.5. The van der Waals surface area contributed by atoms with Gasteiger partial charge in [0, 0.05) is 16.4 Å². The quantitative estimate of drug-likeness (QED) is 0.741. The molecule has 2 heteroatoms. The molecule has 0 unspecified atom stereocenters. The molecular formula is C16H14ClN. The van der Waals surface area contributed by atoms with Crippen LogP contribution in [0.15, 0.2) is 72.3 Å². The summed E-state index contributed by atoms with van der Waals surface area (Å²) in [6.07, 6.45) is 3.73. The van der Waals surface area contributed by atoms with E-state index < -0.39 is 0 Å². The highest BCUT2D eigenvalue weighted by Gasteiger charge is 1.98. The lowest BCUT2D eigenvalue weighted by molar-refractivity contribution is 1.53. The van der Waals surface area contributed by atoms with E-state index in [9.17, 15) is 0 Å². The Labute approximate surface area is 112 Å². The van der Waals surface area contributed by atoms with Crippen LogP contribution in [0.1, 0.15) is 5.56 Å². The Kier molecular flexibility index (Phi) is 4.21. The maximum Gasteiger partial charge on any atom is 0.0457 e. The molecule has 90 valence electrons. The van der Waals surface area contributed by atoms with Crippen molar-refractivity contribution in [1.29, 1.82) is 0 Å². The molecule has 2 rings (SSSR count). The molecule has 0 spiro atoms. The van der Waals surface area contributed by atoms with Gasteiger partial charge < -0.3 is 5.32 Å². The maximum atomic E-state index is 5.74. The van der Waals surface area contributed by atoms with Crippen molar-refractivity contribution in [3.8, 4) is 0 Å². The third-order valence-corrected chi connectivity index (χ3v) is 2.58. The molecule has 0 atom stereocenters.